The predicted octanol–water partition coefficient (Wildman–Crippen LogP) is 4.08. The molecule has 35 heavy (non-hydrogen) atoms. The van der Waals surface area contributed by atoms with Crippen molar-refractivity contribution >= 4 is 16.9 Å². The first-order valence-corrected chi connectivity index (χ1v) is 11.1. The summed E-state index contributed by atoms with van der Waals surface area (Å²) in [7, 11) is 0. The summed E-state index contributed by atoms with van der Waals surface area (Å²) in [6.07, 6.45) is 9.03. The molecule has 0 bridgehead atoms. The van der Waals surface area contributed by atoms with Gasteiger partial charge in [-0.05, 0) is 38.0 Å². The minimum atomic E-state index is -0.732. The van der Waals surface area contributed by atoms with E-state index in [9.17, 15) is 8.78 Å². The highest BCUT2D eigenvalue weighted by molar-refractivity contribution is 6.00. The van der Waals surface area contributed by atoms with Crippen molar-refractivity contribution in [3.63, 3.8) is 0 Å². The summed E-state index contributed by atoms with van der Waals surface area (Å²) >= 11 is 0. The molecule has 1 aromatic carbocycles. The number of pyridine rings is 1. The molecule has 2 N–H and O–H groups in total. The number of hydrogen-bond acceptors (Lipinski definition) is 7. The Labute approximate surface area is 198 Å². The van der Waals surface area contributed by atoms with Gasteiger partial charge in [-0.1, -0.05) is 5.21 Å². The minimum absolute atomic E-state index is 0.0987. The molecule has 1 aliphatic carbocycles. The van der Waals surface area contributed by atoms with Crippen LogP contribution >= 0.6 is 0 Å². The number of nitrogens with two attached hydrogens (primary N) is 1. The maximum atomic E-state index is 14.2. The first-order chi connectivity index (χ1) is 17.0. The molecule has 0 amide bonds. The number of hydrogen-bond donors (Lipinski definition) is 1. The third kappa shape index (κ3) is 3.84. The van der Waals surface area contributed by atoms with Crippen LogP contribution in [0.25, 0.3) is 27.8 Å². The Morgan fingerprint density at radius 2 is 1.94 bits per heavy atom. The molecule has 176 valence electrons. The van der Waals surface area contributed by atoms with Gasteiger partial charge >= 0.3 is 0 Å². The lowest BCUT2D eigenvalue weighted by Gasteiger charge is -2.11. The summed E-state index contributed by atoms with van der Waals surface area (Å²) in [5, 5.41) is 8.94. The van der Waals surface area contributed by atoms with Crippen molar-refractivity contribution in [2.24, 2.45) is 0 Å². The molecule has 9 nitrogen and oxygen atoms in total. The van der Waals surface area contributed by atoms with E-state index in [-0.39, 0.29) is 17.8 Å². The standard InChI is InChI=1S/C24H20F2N8O/c1-13(19-11-34(32-31-19)20-6-3-15(25)8-18(20)26)33-10-17(22-23(27)29-12-30-24(22)33)14-2-7-21(28-9-14)35-16-4-5-16/h2-3,6-13,16H,4-5H2,1H3,(H2,27,29,30). The molecule has 1 unspecified atom stereocenters. The molecule has 0 saturated heterocycles. The van der Waals surface area contributed by atoms with Gasteiger partial charge in [-0.3, -0.25) is 0 Å². The van der Waals surface area contributed by atoms with E-state index >= 15 is 0 Å². The van der Waals surface area contributed by atoms with Gasteiger partial charge in [0, 0.05) is 35.7 Å². The number of fused-ring (bicyclic) bond motifs is 1. The highest BCUT2D eigenvalue weighted by Crippen LogP contribution is 2.36. The van der Waals surface area contributed by atoms with Crippen molar-refractivity contribution in [1.82, 2.24) is 34.5 Å². The number of nitrogens with zero attached hydrogens (tertiary/aromatic N) is 7. The Hall–Kier alpha value is -4.41. The van der Waals surface area contributed by atoms with Crippen LogP contribution in [-0.4, -0.2) is 40.6 Å². The number of halogens is 2. The molecule has 0 radical (unpaired) electrons. The van der Waals surface area contributed by atoms with E-state index in [2.05, 4.69) is 25.3 Å². The zero-order chi connectivity index (χ0) is 24.1. The monoisotopic (exact) mass is 474 g/mol. The molecule has 4 aromatic heterocycles. The Kier molecular flexibility index (Phi) is 4.90. The van der Waals surface area contributed by atoms with Crippen LogP contribution in [0.15, 0.2) is 55.2 Å². The normalized spacial score (nSPS) is 14.4. The Morgan fingerprint density at radius 3 is 2.69 bits per heavy atom. The zero-order valence-corrected chi connectivity index (χ0v) is 18.6. The number of anilines is 1. The van der Waals surface area contributed by atoms with Gasteiger partial charge in [0.1, 0.15) is 41.1 Å². The zero-order valence-electron chi connectivity index (χ0n) is 18.6. The van der Waals surface area contributed by atoms with Gasteiger partial charge in [-0.15, -0.1) is 5.10 Å². The van der Waals surface area contributed by atoms with E-state index in [0.717, 1.165) is 30.0 Å². The Balaban J connectivity index is 1.39. The molecule has 5 aromatic rings. The molecule has 1 atom stereocenters. The van der Waals surface area contributed by atoms with Crippen LogP contribution < -0.4 is 10.5 Å². The number of benzene rings is 1. The van der Waals surface area contributed by atoms with E-state index in [4.69, 9.17) is 10.5 Å². The van der Waals surface area contributed by atoms with Crippen LogP contribution in [0.5, 0.6) is 5.88 Å². The van der Waals surface area contributed by atoms with Crippen molar-refractivity contribution < 1.29 is 13.5 Å². The maximum absolute atomic E-state index is 14.2. The van der Waals surface area contributed by atoms with E-state index < -0.39 is 11.6 Å². The first-order valence-electron chi connectivity index (χ1n) is 11.1. The Morgan fingerprint density at radius 1 is 1.09 bits per heavy atom. The molecule has 1 aliphatic rings. The van der Waals surface area contributed by atoms with Crippen molar-refractivity contribution in [3.8, 4) is 22.7 Å². The molecule has 4 heterocycles. The minimum Gasteiger partial charge on any atom is -0.474 e. The Bertz CT molecular complexity index is 1540. The van der Waals surface area contributed by atoms with Crippen molar-refractivity contribution in [3.05, 3.63) is 72.6 Å². The van der Waals surface area contributed by atoms with E-state index in [1.807, 2.05) is 29.8 Å². The largest absolute Gasteiger partial charge is 0.474 e. The average Bonchev–Trinajstić information content (AvgIpc) is 3.37. The summed E-state index contributed by atoms with van der Waals surface area (Å²) in [5.41, 5.74) is 9.16. The topological polar surface area (TPSA) is 110 Å². The summed E-state index contributed by atoms with van der Waals surface area (Å²) in [4.78, 5) is 13.1. The van der Waals surface area contributed by atoms with Gasteiger partial charge in [0.05, 0.1) is 17.6 Å². The lowest BCUT2D eigenvalue weighted by molar-refractivity contribution is 0.291. The lowest BCUT2D eigenvalue weighted by Crippen LogP contribution is -2.07. The van der Waals surface area contributed by atoms with Crippen molar-refractivity contribution in [2.45, 2.75) is 31.9 Å². The molecule has 11 heteroatoms. The number of nitrogen functional groups attached to an aromatic ring is 1. The molecule has 6 rings (SSSR count). The predicted molar refractivity (Wildman–Crippen MR) is 124 cm³/mol. The summed E-state index contributed by atoms with van der Waals surface area (Å²) in [5.74, 6) is -0.469. The molecule has 0 aliphatic heterocycles. The van der Waals surface area contributed by atoms with Crippen LogP contribution in [0.4, 0.5) is 14.6 Å². The molecule has 0 spiro atoms. The van der Waals surface area contributed by atoms with Crippen LogP contribution in [0.2, 0.25) is 0 Å². The van der Waals surface area contributed by atoms with E-state index in [1.54, 1.807) is 12.4 Å². The third-order valence-corrected chi connectivity index (χ3v) is 6.01. The van der Waals surface area contributed by atoms with Gasteiger partial charge in [0.25, 0.3) is 0 Å². The lowest BCUT2D eigenvalue weighted by atomic mass is 10.1. The van der Waals surface area contributed by atoms with Crippen molar-refractivity contribution in [1.29, 1.82) is 0 Å². The quantitative estimate of drug-likeness (QED) is 0.395. The fourth-order valence-electron chi connectivity index (χ4n) is 3.98. The van der Waals surface area contributed by atoms with Crippen LogP contribution in [0, 0.1) is 11.6 Å². The average molecular weight is 474 g/mol. The molecular weight excluding hydrogens is 454 g/mol. The first kappa shape index (κ1) is 21.1. The summed E-state index contributed by atoms with van der Waals surface area (Å²) in [6, 6.07) is 6.72. The molecular formula is C24H20F2N8O. The van der Waals surface area contributed by atoms with Crippen molar-refractivity contribution in [2.75, 3.05) is 5.73 Å². The number of aromatic nitrogens is 7. The fraction of sp³-hybridized carbons (Fsp3) is 0.208. The van der Waals surface area contributed by atoms with Crippen LogP contribution in [0.1, 0.15) is 31.5 Å². The second kappa shape index (κ2) is 8.12. The van der Waals surface area contributed by atoms with Gasteiger partial charge in [-0.25, -0.2) is 28.4 Å². The summed E-state index contributed by atoms with van der Waals surface area (Å²) < 4.78 is 36.5. The third-order valence-electron chi connectivity index (χ3n) is 6.01. The highest BCUT2D eigenvalue weighted by Gasteiger charge is 2.25. The van der Waals surface area contributed by atoms with Gasteiger partial charge in [-0.2, -0.15) is 0 Å². The van der Waals surface area contributed by atoms with E-state index in [0.29, 0.717) is 28.4 Å². The SMILES string of the molecule is CC(c1cn(-c2ccc(F)cc2F)nn1)n1cc(-c2ccc(OC3CC3)nc2)c2c(N)ncnc21. The number of rotatable bonds is 6. The van der Waals surface area contributed by atoms with Crippen LogP contribution in [0.3, 0.4) is 0 Å². The van der Waals surface area contributed by atoms with Gasteiger partial charge in [0.2, 0.25) is 5.88 Å². The van der Waals surface area contributed by atoms with Gasteiger partial charge in [0.15, 0.2) is 5.82 Å². The molecule has 1 saturated carbocycles. The van der Waals surface area contributed by atoms with Crippen LogP contribution in [-0.2, 0) is 0 Å². The summed E-state index contributed by atoms with van der Waals surface area (Å²) in [6.45, 7) is 1.92. The van der Waals surface area contributed by atoms with E-state index in [1.165, 1.54) is 23.1 Å². The fourth-order valence-corrected chi connectivity index (χ4v) is 3.98. The number of ether oxygens (including phenoxy) is 1. The van der Waals surface area contributed by atoms with Gasteiger partial charge < -0.3 is 15.0 Å². The highest BCUT2D eigenvalue weighted by atomic mass is 19.1. The maximum Gasteiger partial charge on any atom is 0.213 e. The second-order valence-electron chi connectivity index (χ2n) is 8.47. The smallest absolute Gasteiger partial charge is 0.213 e. The second-order valence-corrected chi connectivity index (χ2v) is 8.47. The molecule has 1 fully saturated rings.